The van der Waals surface area contributed by atoms with Crippen molar-refractivity contribution in [1.82, 2.24) is 0 Å². The molecule has 1 aromatic carbocycles. The van der Waals surface area contributed by atoms with Crippen LogP contribution in [-0.2, 0) is 0 Å². The van der Waals surface area contributed by atoms with Gasteiger partial charge in [0.15, 0.2) is 0 Å². The van der Waals surface area contributed by atoms with Crippen LogP contribution in [0.15, 0.2) is 41.4 Å². The third-order valence-electron chi connectivity index (χ3n) is 2.42. The van der Waals surface area contributed by atoms with Crippen LogP contribution in [0.4, 0.5) is 0 Å². The first-order chi connectivity index (χ1) is 8.33. The number of terminal acetylenes is 1. The molecule has 1 aromatic rings. The number of aliphatic imine (C=N–C) groups is 1. The smallest absolute Gasteiger partial charge is 0.0423 e. The van der Waals surface area contributed by atoms with Gasteiger partial charge in [0.2, 0.25) is 0 Å². The van der Waals surface area contributed by atoms with Gasteiger partial charge in [-0.25, -0.2) is 0 Å². The molecule has 17 heavy (non-hydrogen) atoms. The molecule has 1 heteroatoms. The zero-order valence-electron chi connectivity index (χ0n) is 10.4. The van der Waals surface area contributed by atoms with Gasteiger partial charge in [0.1, 0.15) is 0 Å². The SMILES string of the molecule is C#CCCC(C)=NCC/C=C\c1ccccc1. The molecule has 0 aliphatic heterocycles. The molecule has 1 nitrogen and oxygen atoms in total. The predicted octanol–water partition coefficient (Wildman–Crippen LogP) is 3.96. The topological polar surface area (TPSA) is 12.4 Å². The summed E-state index contributed by atoms with van der Waals surface area (Å²) in [5.41, 5.74) is 2.39. The summed E-state index contributed by atoms with van der Waals surface area (Å²) >= 11 is 0. The van der Waals surface area contributed by atoms with Crippen LogP contribution in [-0.4, -0.2) is 12.3 Å². The normalized spacial score (nSPS) is 11.6. The van der Waals surface area contributed by atoms with Gasteiger partial charge in [-0.1, -0.05) is 42.5 Å². The van der Waals surface area contributed by atoms with E-state index in [9.17, 15) is 0 Å². The first-order valence-electron chi connectivity index (χ1n) is 5.98. The highest BCUT2D eigenvalue weighted by Crippen LogP contribution is 2.02. The molecule has 0 aromatic heterocycles. The molecule has 0 aliphatic carbocycles. The van der Waals surface area contributed by atoms with Crippen molar-refractivity contribution >= 4 is 11.8 Å². The highest BCUT2D eigenvalue weighted by atomic mass is 14.7. The Labute approximate surface area is 104 Å². The van der Waals surface area contributed by atoms with E-state index < -0.39 is 0 Å². The maximum absolute atomic E-state index is 5.20. The Balaban J connectivity index is 2.24. The number of benzene rings is 1. The average molecular weight is 225 g/mol. The fourth-order valence-corrected chi connectivity index (χ4v) is 1.45. The van der Waals surface area contributed by atoms with Gasteiger partial charge in [-0.15, -0.1) is 12.3 Å². The van der Waals surface area contributed by atoms with Crippen molar-refractivity contribution in [2.24, 2.45) is 4.99 Å². The molecule has 0 heterocycles. The summed E-state index contributed by atoms with van der Waals surface area (Å²) in [6.07, 6.45) is 12.2. The maximum Gasteiger partial charge on any atom is 0.0423 e. The summed E-state index contributed by atoms with van der Waals surface area (Å²) in [6, 6.07) is 10.3. The Bertz CT molecular complexity index is 407. The fraction of sp³-hybridized carbons (Fsp3) is 0.312. The van der Waals surface area contributed by atoms with E-state index in [-0.39, 0.29) is 0 Å². The van der Waals surface area contributed by atoms with Crippen molar-refractivity contribution in [2.75, 3.05) is 6.54 Å². The van der Waals surface area contributed by atoms with E-state index in [2.05, 4.69) is 35.2 Å². The predicted molar refractivity (Wildman–Crippen MR) is 76.1 cm³/mol. The largest absolute Gasteiger partial charge is 0.294 e. The van der Waals surface area contributed by atoms with Crippen LogP contribution in [0.1, 0.15) is 31.7 Å². The number of nitrogens with zero attached hydrogens (tertiary/aromatic N) is 1. The Kier molecular flexibility index (Phi) is 6.51. The average Bonchev–Trinajstić information content (AvgIpc) is 2.37. The van der Waals surface area contributed by atoms with Crippen LogP contribution in [0.25, 0.3) is 6.08 Å². The minimum atomic E-state index is 0.787. The molecule has 0 N–H and O–H groups in total. The summed E-state index contributed by atoms with van der Waals surface area (Å²) in [6.45, 7) is 2.89. The second-order valence-corrected chi connectivity index (χ2v) is 3.92. The monoisotopic (exact) mass is 225 g/mol. The highest BCUT2D eigenvalue weighted by molar-refractivity contribution is 5.82. The lowest BCUT2D eigenvalue weighted by Gasteiger charge is -1.96. The van der Waals surface area contributed by atoms with E-state index in [1.165, 1.54) is 5.56 Å². The molecule has 0 saturated carbocycles. The van der Waals surface area contributed by atoms with Crippen LogP contribution in [0.3, 0.4) is 0 Å². The van der Waals surface area contributed by atoms with Crippen LogP contribution in [0.5, 0.6) is 0 Å². The van der Waals surface area contributed by atoms with E-state index >= 15 is 0 Å². The molecule has 0 unspecified atom stereocenters. The van der Waals surface area contributed by atoms with Crippen LogP contribution in [0.2, 0.25) is 0 Å². The fourth-order valence-electron chi connectivity index (χ4n) is 1.45. The van der Waals surface area contributed by atoms with Crippen molar-refractivity contribution in [3.05, 3.63) is 42.0 Å². The van der Waals surface area contributed by atoms with Gasteiger partial charge < -0.3 is 0 Å². The number of hydrogen-bond acceptors (Lipinski definition) is 1. The van der Waals surface area contributed by atoms with Crippen molar-refractivity contribution in [3.8, 4) is 12.3 Å². The second kappa shape index (κ2) is 8.35. The van der Waals surface area contributed by atoms with E-state index in [4.69, 9.17) is 6.42 Å². The third kappa shape index (κ3) is 6.37. The first-order valence-corrected chi connectivity index (χ1v) is 5.98. The summed E-state index contributed by atoms with van der Waals surface area (Å²) in [7, 11) is 0. The van der Waals surface area contributed by atoms with Gasteiger partial charge in [0.05, 0.1) is 0 Å². The molecule has 0 amide bonds. The molecular weight excluding hydrogens is 206 g/mol. The van der Waals surface area contributed by atoms with E-state index in [0.29, 0.717) is 0 Å². The Morgan fingerprint density at radius 3 is 2.82 bits per heavy atom. The lowest BCUT2D eigenvalue weighted by molar-refractivity contribution is 0.985. The summed E-state index contributed by atoms with van der Waals surface area (Å²) < 4.78 is 0. The summed E-state index contributed by atoms with van der Waals surface area (Å²) in [5.74, 6) is 2.63. The van der Waals surface area contributed by atoms with E-state index in [1.807, 2.05) is 25.1 Å². The van der Waals surface area contributed by atoms with Gasteiger partial charge in [0.25, 0.3) is 0 Å². The van der Waals surface area contributed by atoms with Crippen molar-refractivity contribution in [1.29, 1.82) is 0 Å². The van der Waals surface area contributed by atoms with Crippen LogP contribution >= 0.6 is 0 Å². The van der Waals surface area contributed by atoms with Crippen molar-refractivity contribution < 1.29 is 0 Å². The molecule has 88 valence electrons. The summed E-state index contributed by atoms with van der Waals surface area (Å²) in [5, 5.41) is 0. The van der Waals surface area contributed by atoms with Crippen LogP contribution < -0.4 is 0 Å². The van der Waals surface area contributed by atoms with E-state index in [0.717, 1.165) is 31.5 Å². The quantitative estimate of drug-likeness (QED) is 0.395. The number of rotatable bonds is 6. The minimum Gasteiger partial charge on any atom is -0.294 e. The molecule has 0 atom stereocenters. The molecule has 1 rings (SSSR count). The Morgan fingerprint density at radius 2 is 2.12 bits per heavy atom. The third-order valence-corrected chi connectivity index (χ3v) is 2.42. The molecule has 0 spiro atoms. The van der Waals surface area contributed by atoms with Crippen molar-refractivity contribution in [2.45, 2.75) is 26.2 Å². The second-order valence-electron chi connectivity index (χ2n) is 3.92. The highest BCUT2D eigenvalue weighted by Gasteiger charge is 1.88. The van der Waals surface area contributed by atoms with Gasteiger partial charge in [-0.2, -0.15) is 0 Å². The van der Waals surface area contributed by atoms with E-state index in [1.54, 1.807) is 0 Å². The lowest BCUT2D eigenvalue weighted by Crippen LogP contribution is -1.92. The molecule has 0 saturated heterocycles. The molecule has 0 bridgehead atoms. The Hall–Kier alpha value is -1.81. The maximum atomic E-state index is 5.20. The molecule has 0 radical (unpaired) electrons. The first kappa shape index (κ1) is 13.3. The molecular formula is C16H19N. The van der Waals surface area contributed by atoms with Gasteiger partial charge >= 0.3 is 0 Å². The Morgan fingerprint density at radius 1 is 1.35 bits per heavy atom. The minimum absolute atomic E-state index is 0.787. The molecule has 0 fully saturated rings. The van der Waals surface area contributed by atoms with Gasteiger partial charge in [-0.3, -0.25) is 4.99 Å². The zero-order valence-corrected chi connectivity index (χ0v) is 10.4. The lowest BCUT2D eigenvalue weighted by atomic mass is 10.2. The standard InChI is InChI=1S/C16H19N/c1-3-4-10-15(2)17-14-9-8-13-16-11-6-5-7-12-16/h1,5-8,11-13H,4,9-10,14H2,2H3/b13-8-,17-15?. The zero-order chi connectivity index (χ0) is 12.3. The molecule has 0 aliphatic rings. The number of hydrogen-bond donors (Lipinski definition) is 0. The summed E-state index contributed by atoms with van der Waals surface area (Å²) in [4.78, 5) is 4.46. The van der Waals surface area contributed by atoms with Gasteiger partial charge in [-0.05, 0) is 25.3 Å². The van der Waals surface area contributed by atoms with Crippen molar-refractivity contribution in [3.63, 3.8) is 0 Å². The van der Waals surface area contributed by atoms with Gasteiger partial charge in [0, 0.05) is 18.7 Å². The van der Waals surface area contributed by atoms with Crippen LogP contribution in [0, 0.1) is 12.3 Å².